The average Bonchev–Trinajstić information content (AvgIpc) is 3.30. The van der Waals surface area contributed by atoms with E-state index in [-0.39, 0.29) is 11.8 Å². The van der Waals surface area contributed by atoms with Gasteiger partial charge in [-0.25, -0.2) is 0 Å². The summed E-state index contributed by atoms with van der Waals surface area (Å²) in [6, 6.07) is 8.03. The van der Waals surface area contributed by atoms with Crippen LogP contribution in [0.1, 0.15) is 45.4 Å². The van der Waals surface area contributed by atoms with E-state index in [1.54, 1.807) is 0 Å². The fourth-order valence-electron chi connectivity index (χ4n) is 4.16. The highest BCUT2D eigenvalue weighted by Crippen LogP contribution is 2.48. The summed E-state index contributed by atoms with van der Waals surface area (Å²) in [5.41, 5.74) is 1.18. The van der Waals surface area contributed by atoms with Crippen LogP contribution in [0.4, 0.5) is 11.4 Å². The molecule has 0 bridgehead atoms. The molecular weight excluding hydrogens is 326 g/mol. The average molecular weight is 355 g/mol. The Bertz CT molecular complexity index is 667. The van der Waals surface area contributed by atoms with Gasteiger partial charge in [0.15, 0.2) is 0 Å². The monoisotopic (exact) mass is 355 g/mol. The van der Waals surface area contributed by atoms with Crippen molar-refractivity contribution in [1.29, 1.82) is 0 Å². The second-order valence-electron chi connectivity index (χ2n) is 8.25. The number of nitrogens with zero attached hydrogens (tertiary/aromatic N) is 2. The molecule has 2 amide bonds. The molecule has 0 radical (unpaired) electrons. The number of likely N-dealkylation sites (tertiary alicyclic amines) is 1. The Hall–Kier alpha value is -2.04. The Labute approximate surface area is 155 Å². The van der Waals surface area contributed by atoms with Gasteiger partial charge in [-0.3, -0.25) is 9.59 Å². The van der Waals surface area contributed by atoms with Gasteiger partial charge >= 0.3 is 0 Å². The Morgan fingerprint density at radius 3 is 2.19 bits per heavy atom. The van der Waals surface area contributed by atoms with Crippen LogP contribution in [-0.2, 0) is 9.59 Å². The van der Waals surface area contributed by atoms with Crippen molar-refractivity contribution in [2.75, 3.05) is 36.4 Å². The predicted molar refractivity (Wildman–Crippen MR) is 103 cm³/mol. The zero-order valence-corrected chi connectivity index (χ0v) is 15.7. The molecule has 0 atom stereocenters. The largest absolute Gasteiger partial charge is 0.372 e. The van der Waals surface area contributed by atoms with E-state index < -0.39 is 5.41 Å². The Morgan fingerprint density at radius 1 is 1.00 bits per heavy atom. The molecule has 3 aliphatic rings. The topological polar surface area (TPSA) is 52.7 Å². The number of carbonyl (C=O) groups is 2. The van der Waals surface area contributed by atoms with Crippen molar-refractivity contribution in [3.8, 4) is 0 Å². The molecule has 2 aliphatic heterocycles. The van der Waals surface area contributed by atoms with Crippen LogP contribution in [0, 0.1) is 11.3 Å². The third-order valence-corrected chi connectivity index (χ3v) is 6.26. The van der Waals surface area contributed by atoms with Crippen LogP contribution in [0.3, 0.4) is 0 Å². The summed E-state index contributed by atoms with van der Waals surface area (Å²) in [6.07, 6.45) is 5.94. The minimum atomic E-state index is -0.811. The number of carbonyl (C=O) groups excluding carboxylic acids is 2. The molecule has 1 N–H and O–H groups in total. The van der Waals surface area contributed by atoms with E-state index >= 15 is 0 Å². The van der Waals surface area contributed by atoms with Crippen molar-refractivity contribution < 1.29 is 9.59 Å². The van der Waals surface area contributed by atoms with Gasteiger partial charge in [0.05, 0.1) is 0 Å². The van der Waals surface area contributed by atoms with Crippen molar-refractivity contribution in [2.45, 2.75) is 45.4 Å². The zero-order chi connectivity index (χ0) is 18.1. The van der Waals surface area contributed by atoms with Crippen molar-refractivity contribution in [3.63, 3.8) is 0 Å². The van der Waals surface area contributed by atoms with E-state index in [0.717, 1.165) is 44.7 Å². The highest BCUT2D eigenvalue weighted by atomic mass is 16.2. The van der Waals surface area contributed by atoms with E-state index in [4.69, 9.17) is 0 Å². The summed E-state index contributed by atoms with van der Waals surface area (Å²) in [7, 11) is 0. The molecule has 0 spiro atoms. The van der Waals surface area contributed by atoms with Crippen molar-refractivity contribution >= 4 is 23.2 Å². The molecule has 4 rings (SSSR count). The van der Waals surface area contributed by atoms with Gasteiger partial charge in [-0.1, -0.05) is 6.92 Å². The SMILES string of the molecule is CC1CCN(C(=O)C2(C(=O)Nc3ccc(N4CCCC4)cc3)CC2)CC1. The fraction of sp³-hybridized carbons (Fsp3) is 0.619. The number of benzene rings is 1. The maximum absolute atomic E-state index is 12.9. The van der Waals surface area contributed by atoms with E-state index in [1.807, 2.05) is 17.0 Å². The van der Waals surface area contributed by atoms with Crippen molar-refractivity contribution in [3.05, 3.63) is 24.3 Å². The summed E-state index contributed by atoms with van der Waals surface area (Å²) in [5, 5.41) is 2.99. The van der Waals surface area contributed by atoms with Crippen LogP contribution in [-0.4, -0.2) is 42.9 Å². The van der Waals surface area contributed by atoms with E-state index in [9.17, 15) is 9.59 Å². The van der Waals surface area contributed by atoms with E-state index in [2.05, 4.69) is 29.3 Å². The highest BCUT2D eigenvalue weighted by Gasteiger charge is 2.58. The Kier molecular flexibility index (Phi) is 4.63. The number of amides is 2. The molecule has 0 aromatic heterocycles. The minimum Gasteiger partial charge on any atom is -0.372 e. The summed E-state index contributed by atoms with van der Waals surface area (Å²) in [5.74, 6) is 0.586. The molecular formula is C21H29N3O2. The minimum absolute atomic E-state index is 0.0376. The molecule has 3 fully saturated rings. The first-order valence-corrected chi connectivity index (χ1v) is 10.0. The third kappa shape index (κ3) is 3.31. The summed E-state index contributed by atoms with van der Waals surface area (Å²) in [4.78, 5) is 30.0. The number of hydrogen-bond acceptors (Lipinski definition) is 3. The molecule has 1 aromatic rings. The van der Waals surface area contributed by atoms with Gasteiger partial charge in [0.2, 0.25) is 11.8 Å². The maximum atomic E-state index is 12.9. The number of piperidine rings is 1. The molecule has 140 valence electrons. The maximum Gasteiger partial charge on any atom is 0.240 e. The lowest BCUT2D eigenvalue weighted by molar-refractivity contribution is -0.143. The van der Waals surface area contributed by atoms with E-state index in [0.29, 0.717) is 18.8 Å². The second-order valence-corrected chi connectivity index (χ2v) is 8.25. The lowest BCUT2D eigenvalue weighted by atomic mass is 9.96. The molecule has 26 heavy (non-hydrogen) atoms. The van der Waals surface area contributed by atoms with Crippen LogP contribution < -0.4 is 10.2 Å². The summed E-state index contributed by atoms with van der Waals surface area (Å²) < 4.78 is 0. The van der Waals surface area contributed by atoms with Crippen molar-refractivity contribution in [1.82, 2.24) is 4.90 Å². The number of anilines is 2. The van der Waals surface area contributed by atoms with Gasteiger partial charge in [0.25, 0.3) is 0 Å². The van der Waals surface area contributed by atoms with Crippen LogP contribution in [0.2, 0.25) is 0 Å². The zero-order valence-electron chi connectivity index (χ0n) is 15.7. The summed E-state index contributed by atoms with van der Waals surface area (Å²) >= 11 is 0. The number of rotatable bonds is 4. The van der Waals surface area contributed by atoms with Crippen molar-refractivity contribution in [2.24, 2.45) is 11.3 Å². The van der Waals surface area contributed by atoms with Gasteiger partial charge in [-0.15, -0.1) is 0 Å². The fourth-order valence-corrected chi connectivity index (χ4v) is 4.16. The molecule has 2 saturated heterocycles. The lowest BCUT2D eigenvalue weighted by Gasteiger charge is -2.32. The van der Waals surface area contributed by atoms with Crippen LogP contribution >= 0.6 is 0 Å². The third-order valence-electron chi connectivity index (χ3n) is 6.26. The number of nitrogens with one attached hydrogen (secondary N) is 1. The molecule has 2 heterocycles. The van der Waals surface area contributed by atoms with Crippen LogP contribution in [0.25, 0.3) is 0 Å². The molecule has 1 saturated carbocycles. The van der Waals surface area contributed by atoms with Gasteiger partial charge in [-0.2, -0.15) is 0 Å². The molecule has 1 aliphatic carbocycles. The lowest BCUT2D eigenvalue weighted by Crippen LogP contribution is -2.46. The summed E-state index contributed by atoms with van der Waals surface area (Å²) in [6.45, 7) is 6.03. The van der Waals surface area contributed by atoms with Gasteiger partial charge in [-0.05, 0) is 68.7 Å². The Morgan fingerprint density at radius 2 is 1.62 bits per heavy atom. The Balaban J connectivity index is 1.38. The predicted octanol–water partition coefficient (Wildman–Crippen LogP) is 3.26. The van der Waals surface area contributed by atoms with Crippen LogP contribution in [0.15, 0.2) is 24.3 Å². The second kappa shape index (κ2) is 6.93. The quantitative estimate of drug-likeness (QED) is 0.844. The molecule has 5 heteroatoms. The van der Waals surface area contributed by atoms with E-state index in [1.165, 1.54) is 18.5 Å². The smallest absolute Gasteiger partial charge is 0.240 e. The molecule has 1 aromatic carbocycles. The molecule has 0 unspecified atom stereocenters. The van der Waals surface area contributed by atoms with Gasteiger partial charge in [0, 0.05) is 37.6 Å². The van der Waals surface area contributed by atoms with Gasteiger partial charge in [0.1, 0.15) is 5.41 Å². The first-order chi connectivity index (χ1) is 12.6. The molecule has 5 nitrogen and oxygen atoms in total. The first kappa shape index (κ1) is 17.4. The van der Waals surface area contributed by atoms with Crippen LogP contribution in [0.5, 0.6) is 0 Å². The van der Waals surface area contributed by atoms with Gasteiger partial charge < -0.3 is 15.1 Å². The standard InChI is InChI=1S/C21H29N3O2/c1-16-8-14-24(15-9-16)20(26)21(10-11-21)19(25)22-17-4-6-18(7-5-17)23-12-2-3-13-23/h4-7,16H,2-3,8-15H2,1H3,(H,22,25). The normalized spacial score (nSPS) is 22.3. The first-order valence-electron chi connectivity index (χ1n) is 10.0. The number of hydrogen-bond donors (Lipinski definition) is 1. The highest BCUT2D eigenvalue weighted by molar-refractivity contribution is 6.13.